The van der Waals surface area contributed by atoms with E-state index in [1.165, 1.54) is 12.1 Å². The third-order valence-corrected chi connectivity index (χ3v) is 3.42. The van der Waals surface area contributed by atoms with Gasteiger partial charge in [0.15, 0.2) is 0 Å². The molecule has 0 heterocycles. The van der Waals surface area contributed by atoms with E-state index in [0.29, 0.717) is 5.69 Å². The Morgan fingerprint density at radius 3 is 2.63 bits per heavy atom. The lowest BCUT2D eigenvalue weighted by Crippen LogP contribution is -2.33. The van der Waals surface area contributed by atoms with Crippen LogP contribution in [0, 0.1) is 10.1 Å². The Labute approximate surface area is 111 Å². The maximum atomic E-state index is 12.2. The topological polar surface area (TPSA) is 84.3 Å². The molecule has 0 aliphatic heterocycles. The summed E-state index contributed by atoms with van der Waals surface area (Å²) in [6.45, 7) is 0. The Morgan fingerprint density at radius 1 is 1.37 bits per heavy atom. The molecule has 0 atom stereocenters. The van der Waals surface area contributed by atoms with Gasteiger partial charge in [-0.3, -0.25) is 14.9 Å². The summed E-state index contributed by atoms with van der Waals surface area (Å²) in [7, 11) is 1.71. The van der Waals surface area contributed by atoms with Crippen molar-refractivity contribution in [2.75, 3.05) is 12.4 Å². The SMILES string of the molecule is CNc1ccc([N+](=O)[O-])c(C(=O)NC2CCCC2)c1. The summed E-state index contributed by atoms with van der Waals surface area (Å²) >= 11 is 0. The molecule has 0 unspecified atom stereocenters. The van der Waals surface area contributed by atoms with Crippen LogP contribution >= 0.6 is 0 Å². The molecule has 102 valence electrons. The van der Waals surface area contributed by atoms with Crippen LogP contribution < -0.4 is 10.6 Å². The fourth-order valence-electron chi connectivity index (χ4n) is 2.37. The van der Waals surface area contributed by atoms with Gasteiger partial charge in [0.1, 0.15) is 5.56 Å². The standard InChI is InChI=1S/C13H17N3O3/c1-14-10-6-7-12(16(18)19)11(8-10)13(17)15-9-4-2-3-5-9/h6-9,14H,2-5H2,1H3,(H,15,17). The van der Waals surface area contributed by atoms with Gasteiger partial charge >= 0.3 is 0 Å². The number of carbonyl (C=O) groups excluding carboxylic acids is 1. The van der Waals surface area contributed by atoms with E-state index < -0.39 is 4.92 Å². The molecule has 2 rings (SSSR count). The Kier molecular flexibility index (Phi) is 3.99. The van der Waals surface area contributed by atoms with Crippen LogP contribution in [0.15, 0.2) is 18.2 Å². The number of nitro groups is 1. The molecular formula is C13H17N3O3. The van der Waals surface area contributed by atoms with Gasteiger partial charge in [-0.15, -0.1) is 0 Å². The fraction of sp³-hybridized carbons (Fsp3) is 0.462. The molecule has 0 aromatic heterocycles. The highest BCUT2D eigenvalue weighted by molar-refractivity contribution is 5.99. The van der Waals surface area contributed by atoms with E-state index in [1.807, 2.05) is 0 Å². The number of amides is 1. The molecule has 0 radical (unpaired) electrons. The first-order valence-electron chi connectivity index (χ1n) is 6.39. The number of nitrogens with zero attached hydrogens (tertiary/aromatic N) is 1. The molecular weight excluding hydrogens is 246 g/mol. The zero-order valence-electron chi connectivity index (χ0n) is 10.8. The summed E-state index contributed by atoms with van der Waals surface area (Å²) in [4.78, 5) is 22.6. The van der Waals surface area contributed by atoms with Crippen molar-refractivity contribution >= 4 is 17.3 Å². The number of nitro benzene ring substituents is 1. The van der Waals surface area contributed by atoms with E-state index in [4.69, 9.17) is 0 Å². The van der Waals surface area contributed by atoms with Gasteiger partial charge < -0.3 is 10.6 Å². The highest BCUT2D eigenvalue weighted by Crippen LogP contribution is 2.24. The van der Waals surface area contributed by atoms with Gasteiger partial charge in [0.05, 0.1) is 4.92 Å². The third-order valence-electron chi connectivity index (χ3n) is 3.42. The van der Waals surface area contributed by atoms with Gasteiger partial charge in [0, 0.05) is 24.8 Å². The van der Waals surface area contributed by atoms with E-state index in [2.05, 4.69) is 10.6 Å². The minimum atomic E-state index is -0.525. The van der Waals surface area contributed by atoms with Gasteiger partial charge in [-0.25, -0.2) is 0 Å². The minimum absolute atomic E-state index is 0.115. The fourth-order valence-corrected chi connectivity index (χ4v) is 2.37. The Balaban J connectivity index is 2.24. The second-order valence-corrected chi connectivity index (χ2v) is 4.69. The quantitative estimate of drug-likeness (QED) is 0.645. The lowest BCUT2D eigenvalue weighted by atomic mass is 10.1. The number of hydrogen-bond acceptors (Lipinski definition) is 4. The average Bonchev–Trinajstić information content (AvgIpc) is 2.90. The van der Waals surface area contributed by atoms with Crippen molar-refractivity contribution in [3.8, 4) is 0 Å². The first-order valence-corrected chi connectivity index (χ1v) is 6.39. The second-order valence-electron chi connectivity index (χ2n) is 4.69. The third kappa shape index (κ3) is 3.01. The number of benzene rings is 1. The van der Waals surface area contributed by atoms with Crippen molar-refractivity contribution in [3.63, 3.8) is 0 Å². The molecule has 1 aliphatic carbocycles. The maximum Gasteiger partial charge on any atom is 0.282 e. The number of carbonyl (C=O) groups is 1. The molecule has 1 saturated carbocycles. The lowest BCUT2D eigenvalue weighted by Gasteiger charge is -2.12. The van der Waals surface area contributed by atoms with Gasteiger partial charge in [0.25, 0.3) is 11.6 Å². The van der Waals surface area contributed by atoms with Crippen molar-refractivity contribution in [2.24, 2.45) is 0 Å². The normalized spacial score (nSPS) is 15.2. The van der Waals surface area contributed by atoms with Crippen molar-refractivity contribution in [2.45, 2.75) is 31.7 Å². The van der Waals surface area contributed by atoms with E-state index in [9.17, 15) is 14.9 Å². The molecule has 2 N–H and O–H groups in total. The molecule has 19 heavy (non-hydrogen) atoms. The van der Waals surface area contributed by atoms with E-state index in [0.717, 1.165) is 25.7 Å². The zero-order valence-corrected chi connectivity index (χ0v) is 10.8. The van der Waals surface area contributed by atoms with Crippen molar-refractivity contribution in [1.29, 1.82) is 0 Å². The predicted octanol–water partition coefficient (Wildman–Crippen LogP) is 2.31. The Morgan fingerprint density at radius 2 is 2.05 bits per heavy atom. The van der Waals surface area contributed by atoms with E-state index >= 15 is 0 Å². The van der Waals surface area contributed by atoms with Crippen LogP contribution in [-0.2, 0) is 0 Å². The highest BCUT2D eigenvalue weighted by Gasteiger charge is 2.24. The van der Waals surface area contributed by atoms with Gasteiger partial charge in [0.2, 0.25) is 0 Å². The molecule has 0 spiro atoms. The first-order chi connectivity index (χ1) is 9.11. The van der Waals surface area contributed by atoms with Crippen LogP contribution in [0.25, 0.3) is 0 Å². The molecule has 1 aromatic carbocycles. The van der Waals surface area contributed by atoms with Gasteiger partial charge in [-0.05, 0) is 25.0 Å². The van der Waals surface area contributed by atoms with E-state index in [1.54, 1.807) is 13.1 Å². The molecule has 6 heteroatoms. The van der Waals surface area contributed by atoms with Crippen molar-refractivity contribution in [3.05, 3.63) is 33.9 Å². The smallest absolute Gasteiger partial charge is 0.282 e. The molecule has 0 saturated heterocycles. The summed E-state index contributed by atoms with van der Waals surface area (Å²) in [5.74, 6) is -0.365. The summed E-state index contributed by atoms with van der Waals surface area (Å²) in [6.07, 6.45) is 4.10. The first kappa shape index (κ1) is 13.3. The van der Waals surface area contributed by atoms with Crippen molar-refractivity contribution in [1.82, 2.24) is 5.32 Å². The molecule has 0 bridgehead atoms. The Hall–Kier alpha value is -2.11. The molecule has 1 amide bonds. The molecule has 1 aromatic rings. The molecule has 1 fully saturated rings. The average molecular weight is 263 g/mol. The van der Waals surface area contributed by atoms with Gasteiger partial charge in [-0.1, -0.05) is 12.8 Å². The van der Waals surface area contributed by atoms with Crippen LogP contribution in [0.4, 0.5) is 11.4 Å². The highest BCUT2D eigenvalue weighted by atomic mass is 16.6. The van der Waals surface area contributed by atoms with Crippen molar-refractivity contribution < 1.29 is 9.72 Å². The number of nitrogens with one attached hydrogen (secondary N) is 2. The maximum absolute atomic E-state index is 12.2. The van der Waals surface area contributed by atoms with E-state index in [-0.39, 0.29) is 23.2 Å². The number of anilines is 1. The van der Waals surface area contributed by atoms with Crippen LogP contribution in [-0.4, -0.2) is 23.9 Å². The zero-order chi connectivity index (χ0) is 13.8. The van der Waals surface area contributed by atoms with Gasteiger partial charge in [-0.2, -0.15) is 0 Å². The lowest BCUT2D eigenvalue weighted by molar-refractivity contribution is -0.385. The summed E-state index contributed by atoms with van der Waals surface area (Å²) in [6, 6.07) is 4.60. The summed E-state index contributed by atoms with van der Waals surface area (Å²) in [5.41, 5.74) is 0.639. The largest absolute Gasteiger partial charge is 0.388 e. The Bertz CT molecular complexity index is 496. The second kappa shape index (κ2) is 5.69. The predicted molar refractivity (Wildman–Crippen MR) is 72.4 cm³/mol. The van der Waals surface area contributed by atoms with Crippen LogP contribution in [0.2, 0.25) is 0 Å². The number of hydrogen-bond donors (Lipinski definition) is 2. The number of rotatable bonds is 4. The van der Waals surface area contributed by atoms with Crippen LogP contribution in [0.5, 0.6) is 0 Å². The minimum Gasteiger partial charge on any atom is -0.388 e. The summed E-state index contributed by atoms with van der Waals surface area (Å²) in [5, 5.41) is 16.7. The monoisotopic (exact) mass is 263 g/mol. The van der Waals surface area contributed by atoms with Crippen LogP contribution in [0.1, 0.15) is 36.0 Å². The molecule has 6 nitrogen and oxygen atoms in total. The summed E-state index contributed by atoms with van der Waals surface area (Å²) < 4.78 is 0. The van der Waals surface area contributed by atoms with Crippen LogP contribution in [0.3, 0.4) is 0 Å². The molecule has 1 aliphatic rings.